The Labute approximate surface area is 110 Å². The number of rotatable bonds is 6. The molecule has 0 fully saturated rings. The van der Waals surface area contributed by atoms with E-state index in [9.17, 15) is 10.1 Å². The maximum absolute atomic E-state index is 10.9. The van der Waals surface area contributed by atoms with Gasteiger partial charge in [-0.1, -0.05) is 18.2 Å². The van der Waals surface area contributed by atoms with Gasteiger partial charge in [0, 0.05) is 18.2 Å². The van der Waals surface area contributed by atoms with Crippen LogP contribution in [0.2, 0.25) is 0 Å². The van der Waals surface area contributed by atoms with Gasteiger partial charge in [0.15, 0.2) is 0 Å². The van der Waals surface area contributed by atoms with Gasteiger partial charge in [-0.15, -0.1) is 0 Å². The number of para-hydroxylation sites is 1. The average molecular weight is 261 g/mol. The highest BCUT2D eigenvalue weighted by Crippen LogP contribution is 2.18. The number of nitrogens with zero attached hydrogens (tertiary/aromatic N) is 4. The zero-order chi connectivity index (χ0) is 13.7. The fraction of sp³-hybridized carbons (Fsp3) is 0.333. The van der Waals surface area contributed by atoms with Gasteiger partial charge in [0.2, 0.25) is 0 Å². The van der Waals surface area contributed by atoms with Gasteiger partial charge >= 0.3 is 0 Å². The van der Waals surface area contributed by atoms with Crippen molar-refractivity contribution in [3.8, 4) is 0 Å². The van der Waals surface area contributed by atoms with E-state index < -0.39 is 0 Å². The molecule has 0 saturated heterocycles. The minimum atomic E-state index is -0.356. The molecule has 0 aliphatic heterocycles. The summed E-state index contributed by atoms with van der Waals surface area (Å²) in [5, 5.41) is 18.0. The molecule has 7 heteroatoms. The molecular formula is C12H15N5O2. The molecule has 0 amide bonds. The molecule has 2 aromatic rings. The summed E-state index contributed by atoms with van der Waals surface area (Å²) < 4.78 is 1.76. The summed E-state index contributed by atoms with van der Waals surface area (Å²) in [7, 11) is 1.83. The molecule has 0 spiro atoms. The largest absolute Gasteiger partial charge is 0.313 e. The summed E-state index contributed by atoms with van der Waals surface area (Å²) in [5.74, 6) is 0.820. The minimum absolute atomic E-state index is 0.151. The van der Waals surface area contributed by atoms with E-state index >= 15 is 0 Å². The maximum atomic E-state index is 10.9. The fourth-order valence-electron chi connectivity index (χ4n) is 1.90. The SMILES string of the molecule is CNCc1ncnn1CCc1ccccc1[N+](=O)[O-]. The number of hydrogen-bond donors (Lipinski definition) is 1. The third kappa shape index (κ3) is 3.14. The van der Waals surface area contributed by atoms with E-state index in [0.717, 1.165) is 5.82 Å². The van der Waals surface area contributed by atoms with Crippen LogP contribution in [0, 0.1) is 10.1 Å². The normalized spacial score (nSPS) is 10.6. The third-order valence-electron chi connectivity index (χ3n) is 2.81. The summed E-state index contributed by atoms with van der Waals surface area (Å²) in [5.41, 5.74) is 0.858. The monoisotopic (exact) mass is 261 g/mol. The van der Waals surface area contributed by atoms with Crippen molar-refractivity contribution in [2.75, 3.05) is 7.05 Å². The van der Waals surface area contributed by atoms with Gasteiger partial charge in [0.1, 0.15) is 12.2 Å². The van der Waals surface area contributed by atoms with Crippen molar-refractivity contribution < 1.29 is 4.92 Å². The Balaban J connectivity index is 2.10. The molecule has 0 saturated carbocycles. The van der Waals surface area contributed by atoms with Crippen LogP contribution >= 0.6 is 0 Å². The standard InChI is InChI=1S/C12H15N5O2/c1-13-8-12-14-9-15-16(12)7-6-10-4-2-3-5-11(10)17(18)19/h2-5,9,13H,6-8H2,1H3. The minimum Gasteiger partial charge on any atom is -0.313 e. The molecule has 1 aromatic carbocycles. The van der Waals surface area contributed by atoms with Crippen molar-refractivity contribution in [1.29, 1.82) is 0 Å². The van der Waals surface area contributed by atoms with Gasteiger partial charge in [-0.25, -0.2) is 9.67 Å². The highest BCUT2D eigenvalue weighted by Gasteiger charge is 2.12. The van der Waals surface area contributed by atoms with E-state index in [1.165, 1.54) is 12.4 Å². The fourth-order valence-corrected chi connectivity index (χ4v) is 1.90. The number of hydrogen-bond acceptors (Lipinski definition) is 5. The molecular weight excluding hydrogens is 246 g/mol. The van der Waals surface area contributed by atoms with E-state index in [1.54, 1.807) is 22.9 Å². The number of nitro benzene ring substituents is 1. The van der Waals surface area contributed by atoms with E-state index in [4.69, 9.17) is 0 Å². The zero-order valence-corrected chi connectivity index (χ0v) is 10.6. The van der Waals surface area contributed by atoms with Crippen LogP contribution in [0.15, 0.2) is 30.6 Å². The van der Waals surface area contributed by atoms with Crippen LogP contribution in [0.1, 0.15) is 11.4 Å². The summed E-state index contributed by atoms with van der Waals surface area (Å²) in [6.45, 7) is 1.19. The first-order chi connectivity index (χ1) is 9.22. The van der Waals surface area contributed by atoms with Gasteiger partial charge in [0.25, 0.3) is 5.69 Å². The molecule has 100 valence electrons. The first-order valence-electron chi connectivity index (χ1n) is 5.96. The molecule has 1 aromatic heterocycles. The van der Waals surface area contributed by atoms with Gasteiger partial charge in [0.05, 0.1) is 11.5 Å². The number of aryl methyl sites for hydroxylation is 2. The molecule has 7 nitrogen and oxygen atoms in total. The highest BCUT2D eigenvalue weighted by molar-refractivity contribution is 5.39. The van der Waals surface area contributed by atoms with Gasteiger partial charge in [-0.05, 0) is 13.5 Å². The van der Waals surface area contributed by atoms with Crippen LogP contribution in [0.4, 0.5) is 5.69 Å². The highest BCUT2D eigenvalue weighted by atomic mass is 16.6. The van der Waals surface area contributed by atoms with Crippen molar-refractivity contribution in [1.82, 2.24) is 20.1 Å². The molecule has 0 aliphatic rings. The lowest BCUT2D eigenvalue weighted by molar-refractivity contribution is -0.385. The number of nitrogens with one attached hydrogen (secondary N) is 1. The molecule has 0 atom stereocenters. The summed E-state index contributed by atoms with van der Waals surface area (Å²) in [4.78, 5) is 14.7. The maximum Gasteiger partial charge on any atom is 0.272 e. The van der Waals surface area contributed by atoms with Crippen LogP contribution in [0.3, 0.4) is 0 Å². The zero-order valence-electron chi connectivity index (χ0n) is 10.6. The summed E-state index contributed by atoms with van der Waals surface area (Å²) >= 11 is 0. The Morgan fingerprint density at radius 2 is 2.21 bits per heavy atom. The van der Waals surface area contributed by atoms with E-state index in [0.29, 0.717) is 25.1 Å². The molecule has 2 rings (SSSR count). The average Bonchev–Trinajstić information content (AvgIpc) is 2.84. The van der Waals surface area contributed by atoms with Crippen molar-refractivity contribution >= 4 is 5.69 Å². The van der Waals surface area contributed by atoms with Crippen molar-refractivity contribution in [3.63, 3.8) is 0 Å². The summed E-state index contributed by atoms with van der Waals surface area (Å²) in [6.07, 6.45) is 2.04. The molecule has 0 radical (unpaired) electrons. The van der Waals surface area contributed by atoms with E-state index in [-0.39, 0.29) is 10.6 Å². The Morgan fingerprint density at radius 1 is 1.42 bits per heavy atom. The van der Waals surface area contributed by atoms with Crippen LogP contribution in [0.25, 0.3) is 0 Å². The summed E-state index contributed by atoms with van der Waals surface area (Å²) in [6, 6.07) is 6.76. The quantitative estimate of drug-likeness (QED) is 0.622. The first kappa shape index (κ1) is 13.2. The Kier molecular flexibility index (Phi) is 4.19. The number of aromatic nitrogens is 3. The first-order valence-corrected chi connectivity index (χ1v) is 5.96. The van der Waals surface area contributed by atoms with Crippen LogP contribution < -0.4 is 5.32 Å². The predicted octanol–water partition coefficient (Wildman–Crippen LogP) is 1.15. The third-order valence-corrected chi connectivity index (χ3v) is 2.81. The van der Waals surface area contributed by atoms with Gasteiger partial charge in [-0.3, -0.25) is 10.1 Å². The predicted molar refractivity (Wildman–Crippen MR) is 69.6 cm³/mol. The lowest BCUT2D eigenvalue weighted by atomic mass is 10.1. The molecule has 0 bridgehead atoms. The van der Waals surface area contributed by atoms with Crippen molar-refractivity contribution in [2.45, 2.75) is 19.5 Å². The van der Waals surface area contributed by atoms with E-state index in [2.05, 4.69) is 15.4 Å². The Hall–Kier alpha value is -2.28. The van der Waals surface area contributed by atoms with Crippen LogP contribution in [-0.4, -0.2) is 26.7 Å². The lowest BCUT2D eigenvalue weighted by Crippen LogP contribution is -2.14. The molecule has 0 aliphatic carbocycles. The van der Waals surface area contributed by atoms with Crippen molar-refractivity contribution in [2.24, 2.45) is 0 Å². The van der Waals surface area contributed by atoms with Gasteiger partial charge < -0.3 is 5.32 Å². The molecule has 0 unspecified atom stereocenters. The number of benzene rings is 1. The number of nitro groups is 1. The van der Waals surface area contributed by atoms with Crippen LogP contribution in [-0.2, 0) is 19.5 Å². The molecule has 19 heavy (non-hydrogen) atoms. The van der Waals surface area contributed by atoms with Gasteiger partial charge in [-0.2, -0.15) is 5.10 Å². The Morgan fingerprint density at radius 3 is 2.95 bits per heavy atom. The Bertz CT molecular complexity index is 567. The molecule has 1 N–H and O–H groups in total. The van der Waals surface area contributed by atoms with E-state index in [1.807, 2.05) is 7.05 Å². The van der Waals surface area contributed by atoms with Crippen LogP contribution in [0.5, 0.6) is 0 Å². The smallest absolute Gasteiger partial charge is 0.272 e. The lowest BCUT2D eigenvalue weighted by Gasteiger charge is -2.06. The topological polar surface area (TPSA) is 85.9 Å². The second-order valence-corrected chi connectivity index (χ2v) is 4.07. The second kappa shape index (κ2) is 6.05. The second-order valence-electron chi connectivity index (χ2n) is 4.07. The van der Waals surface area contributed by atoms with Crippen molar-refractivity contribution in [3.05, 3.63) is 52.1 Å². The molecule has 1 heterocycles.